The fourth-order valence-corrected chi connectivity index (χ4v) is 4.47. The Morgan fingerprint density at radius 3 is 2.71 bits per heavy atom. The lowest BCUT2D eigenvalue weighted by molar-refractivity contribution is -0.0543. The quantitative estimate of drug-likeness (QED) is 0.449. The molecule has 31 heavy (non-hydrogen) atoms. The summed E-state index contributed by atoms with van der Waals surface area (Å²) >= 11 is 6.19. The van der Waals surface area contributed by atoms with Crippen molar-refractivity contribution in [2.24, 2.45) is 16.9 Å². The van der Waals surface area contributed by atoms with Crippen LogP contribution in [0.5, 0.6) is 0 Å². The summed E-state index contributed by atoms with van der Waals surface area (Å²) in [6, 6.07) is 4.99. The smallest absolute Gasteiger partial charge is 0.407 e. The highest BCUT2D eigenvalue weighted by atomic mass is 35.5. The first-order valence-electron chi connectivity index (χ1n) is 10.5. The van der Waals surface area contributed by atoms with Crippen LogP contribution in [0.4, 0.5) is 10.5 Å². The minimum Gasteiger partial charge on any atom is -0.444 e. The summed E-state index contributed by atoms with van der Waals surface area (Å²) in [6.07, 6.45) is 3.77. The number of nitrogens with zero attached hydrogens (tertiary/aromatic N) is 2. The molecule has 168 valence electrons. The molecule has 1 saturated carbocycles. The molecule has 2 unspecified atom stereocenters. The maximum Gasteiger partial charge on any atom is 0.407 e. The monoisotopic (exact) mass is 447 g/mol. The molecule has 1 aliphatic carbocycles. The van der Waals surface area contributed by atoms with Crippen LogP contribution in [0.2, 0.25) is 5.02 Å². The van der Waals surface area contributed by atoms with Gasteiger partial charge in [0.2, 0.25) is 0 Å². The highest BCUT2D eigenvalue weighted by molar-refractivity contribution is 6.31. The van der Waals surface area contributed by atoms with Gasteiger partial charge in [-0.1, -0.05) is 18.5 Å². The van der Waals surface area contributed by atoms with Crippen molar-refractivity contribution < 1.29 is 14.3 Å². The molecule has 0 spiro atoms. The number of amides is 2. The van der Waals surface area contributed by atoms with Gasteiger partial charge in [0.05, 0.1) is 23.5 Å². The lowest BCUT2D eigenvalue weighted by Crippen LogP contribution is -2.65. The van der Waals surface area contributed by atoms with Crippen molar-refractivity contribution >= 4 is 41.7 Å². The Morgan fingerprint density at radius 2 is 2.06 bits per heavy atom. The zero-order chi connectivity index (χ0) is 22.8. The molecule has 9 heteroatoms. The molecule has 0 radical (unpaired) electrons. The van der Waals surface area contributed by atoms with E-state index in [1.165, 1.54) is 6.21 Å². The number of hydrogen-bond donors (Lipinski definition) is 3. The number of piperidine rings is 2. The van der Waals surface area contributed by atoms with E-state index in [1.54, 1.807) is 18.2 Å². The molecule has 8 nitrogen and oxygen atoms in total. The number of alkyl carbamates (subject to hydrolysis) is 1. The fraction of sp³-hybridized carbons (Fsp3) is 0.545. The lowest BCUT2D eigenvalue weighted by atomic mass is 9.64. The summed E-state index contributed by atoms with van der Waals surface area (Å²) in [5, 5.41) is 14.3. The molecular weight excluding hydrogens is 418 g/mol. The van der Waals surface area contributed by atoms with E-state index < -0.39 is 11.7 Å². The second kappa shape index (κ2) is 9.26. The summed E-state index contributed by atoms with van der Waals surface area (Å²) in [7, 11) is 0. The minimum absolute atomic E-state index is 0.135. The number of fused-ring (bicyclic) bond motifs is 2. The van der Waals surface area contributed by atoms with Crippen LogP contribution in [0.3, 0.4) is 0 Å². The maximum atomic E-state index is 13.7. The summed E-state index contributed by atoms with van der Waals surface area (Å²) in [5.74, 6) is 0.644. The van der Waals surface area contributed by atoms with Crippen molar-refractivity contribution in [1.82, 2.24) is 10.2 Å². The van der Waals surface area contributed by atoms with Gasteiger partial charge in [0.1, 0.15) is 5.60 Å². The highest BCUT2D eigenvalue weighted by Crippen LogP contribution is 2.47. The third kappa shape index (κ3) is 5.36. The molecule has 0 aromatic heterocycles. The van der Waals surface area contributed by atoms with Crippen molar-refractivity contribution in [3.8, 4) is 0 Å². The molecule has 4 rings (SSSR count). The molecule has 2 saturated heterocycles. The zero-order valence-electron chi connectivity index (χ0n) is 18.3. The van der Waals surface area contributed by atoms with Gasteiger partial charge < -0.3 is 20.4 Å². The van der Waals surface area contributed by atoms with Gasteiger partial charge in [-0.05, 0) is 63.6 Å². The van der Waals surface area contributed by atoms with Gasteiger partial charge in [0.25, 0.3) is 5.91 Å². The summed E-state index contributed by atoms with van der Waals surface area (Å²) in [4.78, 5) is 27.7. The number of nitrogens with one attached hydrogen (secondary N) is 3. The standard InChI is InChI=1S/C22H30ClN5O3/c1-13-14-9-16(10-14)28(19(13)12-25-21(30)31-22(2,3)4)20(29)17-11-15(23)5-6-18(17)27-26-8-7-24/h5-8,11,13-14,16,19,24,27H,9-10,12H2,1-4H3,(H,25,30)/b24-7?,26-8-. The van der Waals surface area contributed by atoms with E-state index in [9.17, 15) is 9.59 Å². The molecule has 2 amide bonds. The van der Waals surface area contributed by atoms with Gasteiger partial charge in [0.15, 0.2) is 0 Å². The number of ether oxygens (including phenoxy) is 1. The predicted molar refractivity (Wildman–Crippen MR) is 122 cm³/mol. The Morgan fingerprint density at radius 1 is 1.35 bits per heavy atom. The Labute approximate surface area is 187 Å². The minimum atomic E-state index is -0.585. The van der Waals surface area contributed by atoms with Gasteiger partial charge in [-0.25, -0.2) is 4.79 Å². The van der Waals surface area contributed by atoms with E-state index in [4.69, 9.17) is 21.7 Å². The first kappa shape index (κ1) is 23.1. The average Bonchev–Trinajstić information content (AvgIpc) is 2.65. The van der Waals surface area contributed by atoms with E-state index in [1.807, 2.05) is 25.7 Å². The van der Waals surface area contributed by atoms with Gasteiger partial charge in [0, 0.05) is 23.8 Å². The van der Waals surface area contributed by atoms with Crippen LogP contribution in [0.25, 0.3) is 0 Å². The van der Waals surface area contributed by atoms with Gasteiger partial charge in [-0.2, -0.15) is 5.10 Å². The Hall–Kier alpha value is -2.61. The number of carbonyl (C=O) groups is 2. The van der Waals surface area contributed by atoms with Crippen molar-refractivity contribution in [2.75, 3.05) is 12.0 Å². The van der Waals surface area contributed by atoms with Crippen LogP contribution >= 0.6 is 11.6 Å². The number of benzene rings is 1. The second-order valence-electron chi connectivity index (χ2n) is 9.15. The van der Waals surface area contributed by atoms with Gasteiger partial charge in [-0.15, -0.1) is 0 Å². The van der Waals surface area contributed by atoms with Crippen LogP contribution in [-0.2, 0) is 4.74 Å². The predicted octanol–water partition coefficient (Wildman–Crippen LogP) is 4.15. The van der Waals surface area contributed by atoms with Crippen molar-refractivity contribution in [3.63, 3.8) is 0 Å². The van der Waals surface area contributed by atoms with Gasteiger partial charge >= 0.3 is 6.09 Å². The number of carbonyl (C=O) groups excluding carboxylic acids is 2. The lowest BCUT2D eigenvalue weighted by Gasteiger charge is -2.57. The van der Waals surface area contributed by atoms with Crippen molar-refractivity contribution in [2.45, 2.75) is 58.2 Å². The van der Waals surface area contributed by atoms with E-state index >= 15 is 0 Å². The molecule has 3 fully saturated rings. The number of halogens is 1. The summed E-state index contributed by atoms with van der Waals surface area (Å²) in [5.41, 5.74) is 3.15. The third-order valence-electron chi connectivity index (χ3n) is 5.89. The zero-order valence-corrected chi connectivity index (χ0v) is 19.1. The normalized spacial score (nSPS) is 25.0. The van der Waals surface area contributed by atoms with E-state index in [-0.39, 0.29) is 23.9 Å². The Kier molecular flexibility index (Phi) is 6.89. The topological polar surface area (TPSA) is 107 Å². The molecule has 1 aromatic rings. The molecule has 1 aromatic carbocycles. The largest absolute Gasteiger partial charge is 0.444 e. The first-order chi connectivity index (χ1) is 14.6. The van der Waals surface area contributed by atoms with E-state index in [0.717, 1.165) is 19.1 Å². The van der Waals surface area contributed by atoms with Crippen LogP contribution in [-0.4, -0.2) is 53.6 Å². The number of hydrogen-bond acceptors (Lipinski definition) is 6. The van der Waals surface area contributed by atoms with Crippen LogP contribution in [0.15, 0.2) is 23.3 Å². The molecule has 3 N–H and O–H groups in total. The van der Waals surface area contributed by atoms with E-state index in [0.29, 0.717) is 28.7 Å². The molecule has 2 heterocycles. The van der Waals surface area contributed by atoms with Gasteiger partial charge in [-0.3, -0.25) is 10.2 Å². The molecule has 2 atom stereocenters. The van der Waals surface area contributed by atoms with Crippen LogP contribution in [0.1, 0.15) is 50.9 Å². The second-order valence-corrected chi connectivity index (χ2v) is 9.59. The Balaban J connectivity index is 1.82. The molecule has 3 aliphatic rings. The fourth-order valence-electron chi connectivity index (χ4n) is 4.30. The van der Waals surface area contributed by atoms with Crippen molar-refractivity contribution in [1.29, 1.82) is 5.41 Å². The highest BCUT2D eigenvalue weighted by Gasteiger charge is 2.50. The number of hydrazone groups is 1. The Bertz CT molecular complexity index is 876. The average molecular weight is 448 g/mol. The molecule has 2 bridgehead atoms. The van der Waals surface area contributed by atoms with Crippen LogP contribution < -0.4 is 10.7 Å². The third-order valence-corrected chi connectivity index (χ3v) is 6.12. The summed E-state index contributed by atoms with van der Waals surface area (Å²) < 4.78 is 5.36. The SMILES string of the molecule is CC1C2CC(C2)N(C(=O)c2cc(Cl)ccc2N/N=C\C=N)C1CNC(=O)OC(C)(C)C. The first-order valence-corrected chi connectivity index (χ1v) is 10.9. The maximum absolute atomic E-state index is 13.7. The number of rotatable bonds is 6. The molecular formula is C22H30ClN5O3. The van der Waals surface area contributed by atoms with E-state index in [2.05, 4.69) is 22.8 Å². The van der Waals surface area contributed by atoms with Crippen molar-refractivity contribution in [3.05, 3.63) is 28.8 Å². The van der Waals surface area contributed by atoms with Crippen LogP contribution in [0, 0.1) is 17.2 Å². The molecule has 2 aliphatic heterocycles. The number of anilines is 1. The summed E-state index contributed by atoms with van der Waals surface area (Å²) in [6.45, 7) is 7.90.